The van der Waals surface area contributed by atoms with E-state index in [-0.39, 0.29) is 23.7 Å². The molecule has 2 aliphatic heterocycles. The van der Waals surface area contributed by atoms with Crippen molar-refractivity contribution in [2.24, 2.45) is 16.9 Å². The van der Waals surface area contributed by atoms with Gasteiger partial charge in [0.15, 0.2) is 0 Å². The number of hydrazone groups is 1. The number of fused-ring (bicyclic) bond motifs is 2. The van der Waals surface area contributed by atoms with E-state index in [1.165, 1.54) is 0 Å². The zero-order valence-corrected chi connectivity index (χ0v) is 11.0. The van der Waals surface area contributed by atoms with Gasteiger partial charge in [-0.3, -0.25) is 9.59 Å². The van der Waals surface area contributed by atoms with Crippen LogP contribution in [0.2, 0.25) is 0 Å². The first kappa shape index (κ1) is 11.6. The molecule has 2 atom stereocenters. The number of aryl methyl sites for hydroxylation is 1. The molecule has 0 radical (unpaired) electrons. The molecular formula is C15H15N3O2. The fourth-order valence-electron chi connectivity index (χ4n) is 3.24. The Balaban J connectivity index is 1.69. The smallest absolute Gasteiger partial charge is 0.243 e. The van der Waals surface area contributed by atoms with Crippen molar-refractivity contribution in [1.82, 2.24) is 5.43 Å². The molecular weight excluding hydrogens is 254 g/mol. The van der Waals surface area contributed by atoms with E-state index in [1.54, 1.807) is 0 Å². The second kappa shape index (κ2) is 4.16. The summed E-state index contributed by atoms with van der Waals surface area (Å²) >= 11 is 0. The molecule has 1 aromatic carbocycles. The van der Waals surface area contributed by atoms with Crippen molar-refractivity contribution in [3.8, 4) is 0 Å². The molecule has 1 saturated carbocycles. The van der Waals surface area contributed by atoms with Gasteiger partial charge in [-0.1, -0.05) is 6.07 Å². The van der Waals surface area contributed by atoms with Crippen LogP contribution in [0.25, 0.3) is 0 Å². The minimum absolute atomic E-state index is 0.0511. The number of hydrogen-bond donors (Lipinski definition) is 2. The van der Waals surface area contributed by atoms with Crippen LogP contribution in [0.15, 0.2) is 23.3 Å². The SMILES string of the molecule is O=C1CCc2cc(C3=NNC(=O)[C@H]4CC[C@@H]34)ccc2N1. The van der Waals surface area contributed by atoms with Crippen molar-refractivity contribution in [2.75, 3.05) is 5.32 Å². The lowest BCUT2D eigenvalue weighted by Gasteiger charge is -2.39. The highest BCUT2D eigenvalue weighted by molar-refractivity contribution is 6.08. The van der Waals surface area contributed by atoms with Crippen LogP contribution < -0.4 is 10.7 Å². The van der Waals surface area contributed by atoms with Crippen LogP contribution in [-0.2, 0) is 16.0 Å². The molecule has 102 valence electrons. The topological polar surface area (TPSA) is 70.6 Å². The Morgan fingerprint density at radius 1 is 1.10 bits per heavy atom. The summed E-state index contributed by atoms with van der Waals surface area (Å²) in [5.74, 6) is 0.486. The first-order chi connectivity index (χ1) is 9.72. The number of carbonyl (C=O) groups excluding carboxylic acids is 2. The summed E-state index contributed by atoms with van der Waals surface area (Å²) in [5.41, 5.74) is 6.73. The van der Waals surface area contributed by atoms with Crippen LogP contribution in [-0.4, -0.2) is 17.5 Å². The Labute approximate surface area is 116 Å². The van der Waals surface area contributed by atoms with Crippen molar-refractivity contribution >= 4 is 23.2 Å². The van der Waals surface area contributed by atoms with Gasteiger partial charge in [-0.2, -0.15) is 5.10 Å². The fourth-order valence-corrected chi connectivity index (χ4v) is 3.24. The maximum atomic E-state index is 11.6. The van der Waals surface area contributed by atoms with E-state index >= 15 is 0 Å². The largest absolute Gasteiger partial charge is 0.326 e. The molecule has 0 saturated heterocycles. The summed E-state index contributed by atoms with van der Waals surface area (Å²) in [6.45, 7) is 0. The minimum Gasteiger partial charge on any atom is -0.326 e. The number of benzene rings is 1. The predicted molar refractivity (Wildman–Crippen MR) is 74.3 cm³/mol. The van der Waals surface area contributed by atoms with Gasteiger partial charge in [0.2, 0.25) is 11.8 Å². The summed E-state index contributed by atoms with van der Waals surface area (Å²) in [5, 5.41) is 7.14. The summed E-state index contributed by atoms with van der Waals surface area (Å²) in [6.07, 6.45) is 3.29. The molecule has 3 aliphatic rings. The molecule has 2 amide bonds. The average molecular weight is 269 g/mol. The van der Waals surface area contributed by atoms with Crippen molar-refractivity contribution in [1.29, 1.82) is 0 Å². The predicted octanol–water partition coefficient (Wildman–Crippen LogP) is 1.43. The number of amides is 2. The molecule has 2 N–H and O–H groups in total. The maximum absolute atomic E-state index is 11.6. The maximum Gasteiger partial charge on any atom is 0.243 e. The van der Waals surface area contributed by atoms with Crippen LogP contribution >= 0.6 is 0 Å². The zero-order chi connectivity index (χ0) is 13.7. The molecule has 0 spiro atoms. The normalized spacial score (nSPS) is 27.5. The van der Waals surface area contributed by atoms with Gasteiger partial charge in [0.25, 0.3) is 0 Å². The third kappa shape index (κ3) is 1.66. The fraction of sp³-hybridized carbons (Fsp3) is 0.400. The highest BCUT2D eigenvalue weighted by Crippen LogP contribution is 2.39. The van der Waals surface area contributed by atoms with E-state index < -0.39 is 0 Å². The van der Waals surface area contributed by atoms with Gasteiger partial charge in [-0.25, -0.2) is 5.43 Å². The lowest BCUT2D eigenvalue weighted by molar-refractivity contribution is -0.129. The van der Waals surface area contributed by atoms with Crippen LogP contribution in [0, 0.1) is 11.8 Å². The van der Waals surface area contributed by atoms with Crippen LogP contribution in [0.3, 0.4) is 0 Å². The summed E-state index contributed by atoms with van der Waals surface area (Å²) in [6, 6.07) is 6.02. The van der Waals surface area contributed by atoms with Gasteiger partial charge in [0.1, 0.15) is 0 Å². The van der Waals surface area contributed by atoms with Gasteiger partial charge in [0, 0.05) is 23.9 Å². The third-order valence-electron chi connectivity index (χ3n) is 4.55. The molecule has 1 aliphatic carbocycles. The molecule has 0 bridgehead atoms. The molecule has 4 rings (SSSR count). The summed E-state index contributed by atoms with van der Waals surface area (Å²) < 4.78 is 0. The standard InChI is InChI=1S/C15H15N3O2/c19-13-6-2-8-7-9(1-5-12(8)16-13)14-10-3-4-11(10)15(20)18-17-14/h1,5,7,10-11H,2-4,6H2,(H,16,19)(H,18,20)/t10-,11+/m1/s1. The quantitative estimate of drug-likeness (QED) is 0.809. The first-order valence-corrected chi connectivity index (χ1v) is 7.03. The van der Waals surface area contributed by atoms with Crippen LogP contribution in [0.4, 0.5) is 5.69 Å². The molecule has 0 aromatic heterocycles. The highest BCUT2D eigenvalue weighted by atomic mass is 16.2. The number of nitrogens with zero attached hydrogens (tertiary/aromatic N) is 1. The second-order valence-electron chi connectivity index (χ2n) is 5.68. The minimum atomic E-state index is 0.0511. The van der Waals surface area contributed by atoms with E-state index in [1.807, 2.05) is 12.1 Å². The Morgan fingerprint density at radius 3 is 2.75 bits per heavy atom. The molecule has 5 nitrogen and oxygen atoms in total. The van der Waals surface area contributed by atoms with Gasteiger partial charge >= 0.3 is 0 Å². The average Bonchev–Trinajstić information content (AvgIpc) is 2.40. The molecule has 0 unspecified atom stereocenters. The molecule has 2 heterocycles. The van der Waals surface area contributed by atoms with E-state index in [2.05, 4.69) is 21.9 Å². The summed E-state index contributed by atoms with van der Waals surface area (Å²) in [7, 11) is 0. The van der Waals surface area contributed by atoms with Crippen molar-refractivity contribution in [3.63, 3.8) is 0 Å². The molecule has 20 heavy (non-hydrogen) atoms. The first-order valence-electron chi connectivity index (χ1n) is 7.03. The third-order valence-corrected chi connectivity index (χ3v) is 4.55. The Bertz CT molecular complexity index is 651. The molecule has 1 fully saturated rings. The highest BCUT2D eigenvalue weighted by Gasteiger charge is 2.42. The molecule has 1 aromatic rings. The summed E-state index contributed by atoms with van der Waals surface area (Å²) in [4.78, 5) is 23.0. The Morgan fingerprint density at radius 2 is 1.95 bits per heavy atom. The van der Waals surface area contributed by atoms with Crippen molar-refractivity contribution in [3.05, 3.63) is 29.3 Å². The van der Waals surface area contributed by atoms with Gasteiger partial charge in [-0.15, -0.1) is 0 Å². The number of anilines is 1. The Kier molecular flexibility index (Phi) is 2.42. The van der Waals surface area contributed by atoms with Gasteiger partial charge in [0.05, 0.1) is 5.71 Å². The number of nitrogens with one attached hydrogen (secondary N) is 2. The monoisotopic (exact) mass is 269 g/mol. The van der Waals surface area contributed by atoms with Crippen molar-refractivity contribution in [2.45, 2.75) is 25.7 Å². The number of rotatable bonds is 1. The lowest BCUT2D eigenvalue weighted by Crippen LogP contribution is -2.47. The van der Waals surface area contributed by atoms with Crippen molar-refractivity contribution < 1.29 is 9.59 Å². The molecule has 5 heteroatoms. The van der Waals surface area contributed by atoms with Crippen LogP contribution in [0.5, 0.6) is 0 Å². The van der Waals surface area contributed by atoms with E-state index in [4.69, 9.17) is 0 Å². The number of hydrogen-bond acceptors (Lipinski definition) is 3. The lowest BCUT2D eigenvalue weighted by atomic mass is 9.68. The zero-order valence-electron chi connectivity index (χ0n) is 11.0. The number of carbonyl (C=O) groups is 2. The van der Waals surface area contributed by atoms with Gasteiger partial charge in [-0.05, 0) is 42.5 Å². The van der Waals surface area contributed by atoms with E-state index in [0.29, 0.717) is 6.42 Å². The van der Waals surface area contributed by atoms with Gasteiger partial charge < -0.3 is 5.32 Å². The van der Waals surface area contributed by atoms with E-state index in [9.17, 15) is 9.59 Å². The second-order valence-corrected chi connectivity index (χ2v) is 5.68. The Hall–Kier alpha value is -2.17. The van der Waals surface area contributed by atoms with E-state index in [0.717, 1.165) is 41.8 Å². The van der Waals surface area contributed by atoms with Crippen LogP contribution in [0.1, 0.15) is 30.4 Å².